The summed E-state index contributed by atoms with van der Waals surface area (Å²) < 4.78 is 26.2. The molecule has 20 heavy (non-hydrogen) atoms. The Bertz CT molecular complexity index is 512. The Kier molecular flexibility index (Phi) is 4.60. The molecular weight excluding hydrogens is 286 g/mol. The Balaban J connectivity index is 2.11. The molecule has 0 radical (unpaired) electrons. The quantitative estimate of drug-likeness (QED) is 0.909. The highest BCUT2D eigenvalue weighted by Gasteiger charge is 2.35. The van der Waals surface area contributed by atoms with Crippen LogP contribution in [0.3, 0.4) is 0 Å². The largest absolute Gasteiger partial charge is 0.347 e. The fourth-order valence-electron chi connectivity index (χ4n) is 2.45. The lowest BCUT2D eigenvalue weighted by Gasteiger charge is -2.23. The van der Waals surface area contributed by atoms with Crippen molar-refractivity contribution in [2.24, 2.45) is 0 Å². The number of benzene rings is 1. The maximum absolute atomic E-state index is 13.2. The van der Waals surface area contributed by atoms with Crippen molar-refractivity contribution in [2.75, 3.05) is 13.1 Å². The van der Waals surface area contributed by atoms with E-state index < -0.39 is 18.0 Å². The summed E-state index contributed by atoms with van der Waals surface area (Å²) in [6.07, 6.45) is -0.569. The van der Waals surface area contributed by atoms with Crippen LogP contribution in [0, 0.1) is 5.82 Å². The molecule has 0 saturated carbocycles. The minimum absolute atomic E-state index is 0.134. The van der Waals surface area contributed by atoms with Crippen molar-refractivity contribution in [3.63, 3.8) is 0 Å². The maximum atomic E-state index is 13.2. The minimum atomic E-state index is -0.948. The molecule has 1 amide bonds. The van der Waals surface area contributed by atoms with Gasteiger partial charge in [0, 0.05) is 17.5 Å². The Morgan fingerprint density at radius 1 is 1.55 bits per heavy atom. The second-order valence-electron chi connectivity index (χ2n) is 5.23. The van der Waals surface area contributed by atoms with Gasteiger partial charge in [0.2, 0.25) is 0 Å². The lowest BCUT2D eigenvalue weighted by Crippen LogP contribution is -2.69. The predicted octanol–water partition coefficient (Wildman–Crippen LogP) is 1.76. The van der Waals surface area contributed by atoms with Crippen molar-refractivity contribution in [2.45, 2.75) is 31.5 Å². The van der Waals surface area contributed by atoms with E-state index >= 15 is 0 Å². The Morgan fingerprint density at radius 3 is 2.80 bits per heavy atom. The van der Waals surface area contributed by atoms with Crippen molar-refractivity contribution in [1.82, 2.24) is 4.90 Å². The Labute approximate surface area is 121 Å². The van der Waals surface area contributed by atoms with Crippen LogP contribution in [0.5, 0.6) is 0 Å². The molecule has 1 aromatic carbocycles. The van der Waals surface area contributed by atoms with E-state index in [1.807, 2.05) is 6.92 Å². The van der Waals surface area contributed by atoms with Crippen LogP contribution in [0.1, 0.15) is 24.8 Å². The van der Waals surface area contributed by atoms with Gasteiger partial charge in [-0.15, -0.1) is 0 Å². The fraction of sp³-hybridized carbons (Fsp3) is 0.500. The zero-order valence-electron chi connectivity index (χ0n) is 11.3. The third-order valence-corrected chi connectivity index (χ3v) is 4.14. The number of hydrogen-bond acceptors (Lipinski definition) is 1. The predicted molar refractivity (Wildman–Crippen MR) is 72.6 cm³/mol. The van der Waals surface area contributed by atoms with E-state index in [4.69, 9.17) is 11.6 Å². The summed E-state index contributed by atoms with van der Waals surface area (Å²) in [4.78, 5) is 13.8. The molecule has 1 aliphatic rings. The van der Waals surface area contributed by atoms with Crippen LogP contribution in [-0.2, 0) is 4.79 Å². The standard InChI is InChI=1S/C14H17ClF2N2O/c1-8(11-3-2-9(16)6-12(11)15)13(18)14(20)19-5-4-10(17)7-19/h2-3,6,8,10,13H,4-5,7,18H2,1H3/p+1/t8-,10-,13-/m0/s1. The van der Waals surface area contributed by atoms with E-state index in [0.29, 0.717) is 18.5 Å². The third kappa shape index (κ3) is 3.10. The van der Waals surface area contributed by atoms with E-state index in [9.17, 15) is 13.6 Å². The topological polar surface area (TPSA) is 48.0 Å². The van der Waals surface area contributed by atoms with Gasteiger partial charge in [-0.2, -0.15) is 0 Å². The summed E-state index contributed by atoms with van der Waals surface area (Å²) >= 11 is 6.00. The van der Waals surface area contributed by atoms with Crippen LogP contribution in [0.2, 0.25) is 5.02 Å². The number of hydrogen-bond donors (Lipinski definition) is 1. The van der Waals surface area contributed by atoms with Crippen LogP contribution >= 0.6 is 11.6 Å². The van der Waals surface area contributed by atoms with E-state index in [2.05, 4.69) is 5.73 Å². The molecule has 0 bridgehead atoms. The average molecular weight is 304 g/mol. The first-order valence-electron chi connectivity index (χ1n) is 6.61. The number of likely N-dealkylation sites (tertiary alicyclic amines) is 1. The SMILES string of the molecule is C[C@@H](c1ccc(F)cc1Cl)[C@H]([NH3+])C(=O)N1CC[C@H](F)C1. The Hall–Kier alpha value is -1.20. The molecule has 1 fully saturated rings. The van der Waals surface area contributed by atoms with Gasteiger partial charge in [0.25, 0.3) is 5.91 Å². The van der Waals surface area contributed by atoms with Gasteiger partial charge >= 0.3 is 0 Å². The summed E-state index contributed by atoms with van der Waals surface area (Å²) in [5, 5.41) is 0.281. The number of nitrogens with zero attached hydrogens (tertiary/aromatic N) is 1. The van der Waals surface area contributed by atoms with Gasteiger partial charge in [-0.3, -0.25) is 4.79 Å². The van der Waals surface area contributed by atoms with Crippen molar-refractivity contribution in [3.05, 3.63) is 34.6 Å². The lowest BCUT2D eigenvalue weighted by atomic mass is 9.93. The number of rotatable bonds is 3. The van der Waals surface area contributed by atoms with Gasteiger partial charge < -0.3 is 10.6 Å². The van der Waals surface area contributed by atoms with Crippen LogP contribution < -0.4 is 5.73 Å². The molecule has 0 aromatic heterocycles. The summed E-state index contributed by atoms with van der Waals surface area (Å²) in [6.45, 7) is 2.38. The summed E-state index contributed by atoms with van der Waals surface area (Å²) in [5.41, 5.74) is 4.56. The number of carbonyl (C=O) groups excluding carboxylic acids is 1. The fourth-order valence-corrected chi connectivity index (χ4v) is 2.79. The lowest BCUT2D eigenvalue weighted by molar-refractivity contribution is -0.410. The molecule has 3 nitrogen and oxygen atoms in total. The molecule has 0 unspecified atom stereocenters. The molecule has 110 valence electrons. The second-order valence-corrected chi connectivity index (χ2v) is 5.64. The van der Waals surface area contributed by atoms with Crippen LogP contribution in [-0.4, -0.2) is 36.1 Å². The monoisotopic (exact) mass is 303 g/mol. The zero-order chi connectivity index (χ0) is 14.9. The number of amides is 1. The zero-order valence-corrected chi connectivity index (χ0v) is 12.0. The van der Waals surface area contributed by atoms with Crippen LogP contribution in [0.15, 0.2) is 18.2 Å². The molecular formula is C14H18ClF2N2O+. The van der Waals surface area contributed by atoms with E-state index in [-0.39, 0.29) is 23.4 Å². The number of alkyl halides is 1. The highest BCUT2D eigenvalue weighted by molar-refractivity contribution is 6.31. The molecule has 1 saturated heterocycles. The van der Waals surface area contributed by atoms with Crippen molar-refractivity contribution >= 4 is 17.5 Å². The van der Waals surface area contributed by atoms with E-state index in [0.717, 1.165) is 0 Å². The minimum Gasteiger partial charge on any atom is -0.347 e. The first-order chi connectivity index (χ1) is 9.40. The van der Waals surface area contributed by atoms with Gasteiger partial charge in [-0.1, -0.05) is 24.6 Å². The molecule has 6 heteroatoms. The molecule has 1 heterocycles. The van der Waals surface area contributed by atoms with Crippen LogP contribution in [0.4, 0.5) is 8.78 Å². The van der Waals surface area contributed by atoms with E-state index in [1.165, 1.54) is 17.0 Å². The second kappa shape index (κ2) is 6.06. The third-order valence-electron chi connectivity index (χ3n) is 3.82. The molecule has 0 spiro atoms. The summed E-state index contributed by atoms with van der Waals surface area (Å²) in [6, 6.07) is 3.53. The molecule has 1 aliphatic heterocycles. The smallest absolute Gasteiger partial charge is 0.281 e. The van der Waals surface area contributed by atoms with Gasteiger partial charge in [0.1, 0.15) is 12.0 Å². The maximum Gasteiger partial charge on any atom is 0.281 e. The highest BCUT2D eigenvalue weighted by Crippen LogP contribution is 2.27. The Morgan fingerprint density at radius 2 is 2.25 bits per heavy atom. The van der Waals surface area contributed by atoms with Gasteiger partial charge in [-0.25, -0.2) is 8.78 Å². The number of carbonyl (C=O) groups is 1. The van der Waals surface area contributed by atoms with Crippen LogP contribution in [0.25, 0.3) is 0 Å². The molecule has 0 aliphatic carbocycles. The average Bonchev–Trinajstić information content (AvgIpc) is 2.83. The number of halogens is 3. The summed E-state index contributed by atoms with van der Waals surface area (Å²) in [5.74, 6) is -0.856. The van der Waals surface area contributed by atoms with Crippen molar-refractivity contribution < 1.29 is 19.3 Å². The van der Waals surface area contributed by atoms with E-state index in [1.54, 1.807) is 6.07 Å². The normalized spacial score (nSPS) is 21.9. The molecule has 2 rings (SSSR count). The van der Waals surface area contributed by atoms with Crippen molar-refractivity contribution in [1.29, 1.82) is 0 Å². The number of quaternary nitrogens is 1. The van der Waals surface area contributed by atoms with Crippen molar-refractivity contribution in [3.8, 4) is 0 Å². The van der Waals surface area contributed by atoms with Gasteiger partial charge in [-0.05, 0) is 24.1 Å². The molecule has 3 atom stereocenters. The first kappa shape index (κ1) is 15.2. The first-order valence-corrected chi connectivity index (χ1v) is 6.99. The summed E-state index contributed by atoms with van der Waals surface area (Å²) in [7, 11) is 0. The van der Waals surface area contributed by atoms with Gasteiger partial charge in [0.15, 0.2) is 6.04 Å². The molecule has 1 aromatic rings. The molecule has 3 N–H and O–H groups in total. The van der Waals surface area contributed by atoms with Gasteiger partial charge in [0.05, 0.1) is 6.54 Å². The highest BCUT2D eigenvalue weighted by atomic mass is 35.5.